The summed E-state index contributed by atoms with van der Waals surface area (Å²) in [5, 5.41) is 21.1. The van der Waals surface area contributed by atoms with E-state index in [9.17, 15) is 14.9 Å². The number of nitrogens with one attached hydrogen (secondary N) is 1. The number of carbonyl (C=O) groups excluding carboxylic acids is 1. The van der Waals surface area contributed by atoms with Crippen molar-refractivity contribution in [1.82, 2.24) is 0 Å². The van der Waals surface area contributed by atoms with Gasteiger partial charge in [0.05, 0.1) is 17.7 Å². The molecule has 2 N–H and O–H groups in total. The van der Waals surface area contributed by atoms with Gasteiger partial charge in [0, 0.05) is 23.4 Å². The van der Waals surface area contributed by atoms with Crippen LogP contribution in [0.3, 0.4) is 0 Å². The molecule has 150 valence electrons. The second-order valence-corrected chi connectivity index (χ2v) is 6.46. The van der Waals surface area contributed by atoms with Gasteiger partial charge in [-0.05, 0) is 36.4 Å². The Balaban J connectivity index is 1.81. The van der Waals surface area contributed by atoms with Gasteiger partial charge >= 0.3 is 5.97 Å². The molecule has 0 radical (unpaired) electrons. The molecule has 0 saturated heterocycles. The van der Waals surface area contributed by atoms with E-state index in [4.69, 9.17) is 25.9 Å². The fourth-order valence-corrected chi connectivity index (χ4v) is 2.88. The van der Waals surface area contributed by atoms with E-state index in [1.165, 1.54) is 25.3 Å². The van der Waals surface area contributed by atoms with Gasteiger partial charge < -0.3 is 19.6 Å². The van der Waals surface area contributed by atoms with E-state index in [1.54, 1.807) is 42.5 Å². The minimum Gasteiger partial charge on any atom is -0.497 e. The van der Waals surface area contributed by atoms with Gasteiger partial charge in [-0.15, -0.1) is 0 Å². The Morgan fingerprint density at radius 1 is 1.20 bits per heavy atom. The average molecular weight is 423 g/mol. The van der Waals surface area contributed by atoms with Crippen molar-refractivity contribution in [3.05, 3.63) is 76.5 Å². The first-order chi connectivity index (χ1) is 14.4. The highest BCUT2D eigenvalue weighted by Gasteiger charge is 2.14. The van der Waals surface area contributed by atoms with E-state index in [0.29, 0.717) is 22.8 Å². The first kappa shape index (κ1) is 20.7. The molecule has 30 heavy (non-hydrogen) atoms. The molecular formula is C22H15ClN2O5. The van der Waals surface area contributed by atoms with Crippen molar-refractivity contribution < 1.29 is 23.8 Å². The van der Waals surface area contributed by atoms with E-state index in [-0.39, 0.29) is 21.9 Å². The number of anilines is 1. The van der Waals surface area contributed by atoms with Crippen molar-refractivity contribution in [2.75, 3.05) is 12.4 Å². The zero-order valence-corrected chi connectivity index (χ0v) is 16.4. The Labute approximate surface area is 176 Å². The third-order valence-corrected chi connectivity index (χ3v) is 4.40. The van der Waals surface area contributed by atoms with Crippen LogP contribution in [0.5, 0.6) is 5.75 Å². The van der Waals surface area contributed by atoms with Gasteiger partial charge in [0.25, 0.3) is 5.91 Å². The number of furan rings is 1. The molecule has 1 aromatic heterocycles. The quantitative estimate of drug-likeness (QED) is 0.433. The lowest BCUT2D eigenvalue weighted by atomic mass is 10.1. The van der Waals surface area contributed by atoms with Gasteiger partial charge in [0.2, 0.25) is 0 Å². The first-order valence-corrected chi connectivity index (χ1v) is 8.99. The number of methoxy groups -OCH3 is 1. The number of nitriles is 1. The molecule has 0 aliphatic carbocycles. The van der Waals surface area contributed by atoms with E-state index in [0.717, 1.165) is 0 Å². The Morgan fingerprint density at radius 3 is 2.67 bits per heavy atom. The molecular weight excluding hydrogens is 408 g/mol. The van der Waals surface area contributed by atoms with Crippen LogP contribution in [-0.4, -0.2) is 24.1 Å². The predicted molar refractivity (Wildman–Crippen MR) is 111 cm³/mol. The maximum atomic E-state index is 12.4. The van der Waals surface area contributed by atoms with Crippen LogP contribution in [0.25, 0.3) is 17.4 Å². The number of rotatable bonds is 6. The number of halogens is 1. The minimum absolute atomic E-state index is 0.0203. The van der Waals surface area contributed by atoms with Crippen molar-refractivity contribution >= 4 is 35.2 Å². The largest absolute Gasteiger partial charge is 0.497 e. The second kappa shape index (κ2) is 8.99. The Hall–Kier alpha value is -4.02. The highest BCUT2D eigenvalue weighted by Crippen LogP contribution is 2.28. The fraction of sp³-hybridized carbons (Fsp3) is 0.0455. The van der Waals surface area contributed by atoms with Gasteiger partial charge in [-0.25, -0.2) is 4.79 Å². The number of hydrogen-bond donors (Lipinski definition) is 2. The number of aromatic carboxylic acids is 1. The van der Waals surface area contributed by atoms with E-state index in [1.807, 2.05) is 6.07 Å². The summed E-state index contributed by atoms with van der Waals surface area (Å²) in [7, 11) is 1.51. The summed E-state index contributed by atoms with van der Waals surface area (Å²) in [5.74, 6) is -0.474. The van der Waals surface area contributed by atoms with Crippen LogP contribution in [-0.2, 0) is 4.79 Å². The molecule has 8 heteroatoms. The summed E-state index contributed by atoms with van der Waals surface area (Å²) in [4.78, 5) is 23.5. The number of amides is 1. The Kier molecular flexibility index (Phi) is 6.20. The Morgan fingerprint density at radius 2 is 2.00 bits per heavy atom. The number of nitrogens with zero attached hydrogens (tertiary/aromatic N) is 1. The molecule has 2 aromatic carbocycles. The summed E-state index contributed by atoms with van der Waals surface area (Å²) in [5.41, 5.74) is 0.865. The second-order valence-electron chi connectivity index (χ2n) is 6.06. The summed E-state index contributed by atoms with van der Waals surface area (Å²) in [6.45, 7) is 0. The molecule has 0 aliphatic rings. The van der Waals surface area contributed by atoms with Crippen LogP contribution >= 0.6 is 11.6 Å². The lowest BCUT2D eigenvalue weighted by Gasteiger charge is -2.06. The number of carboxylic acid groups (broad SMARTS) is 1. The number of hydrogen-bond acceptors (Lipinski definition) is 5. The number of ether oxygens (including phenoxy) is 1. The van der Waals surface area contributed by atoms with Gasteiger partial charge in [-0.2, -0.15) is 5.26 Å². The van der Waals surface area contributed by atoms with Crippen LogP contribution < -0.4 is 10.1 Å². The maximum absolute atomic E-state index is 12.4. The number of carboxylic acids is 1. The molecule has 0 fully saturated rings. The standard InChI is InChI=1S/C22H15ClN2O5/c1-29-16-4-2-3-15(11-16)25-21(26)14(12-24)9-17-6-8-20(30-17)13-5-7-18(22(27)28)19(23)10-13/h2-11H,1H3,(H,25,26)(H,27,28)/b14-9-. The van der Waals surface area contributed by atoms with Crippen molar-refractivity contribution in [2.45, 2.75) is 0 Å². The van der Waals surface area contributed by atoms with Crippen molar-refractivity contribution in [3.8, 4) is 23.1 Å². The summed E-state index contributed by atoms with van der Waals surface area (Å²) in [6.07, 6.45) is 1.31. The SMILES string of the molecule is COc1cccc(NC(=O)/C(C#N)=C\c2ccc(-c3ccc(C(=O)O)c(Cl)c3)o2)c1. The van der Waals surface area contributed by atoms with Gasteiger partial charge in [-0.1, -0.05) is 23.7 Å². The molecule has 1 heterocycles. The lowest BCUT2D eigenvalue weighted by molar-refractivity contribution is -0.112. The van der Waals surface area contributed by atoms with E-state index >= 15 is 0 Å². The molecule has 7 nitrogen and oxygen atoms in total. The highest BCUT2D eigenvalue weighted by atomic mass is 35.5. The molecule has 0 atom stereocenters. The monoisotopic (exact) mass is 422 g/mol. The zero-order valence-electron chi connectivity index (χ0n) is 15.7. The first-order valence-electron chi connectivity index (χ1n) is 8.61. The van der Waals surface area contributed by atoms with Gasteiger partial charge in [-0.3, -0.25) is 4.79 Å². The van der Waals surface area contributed by atoms with Crippen LogP contribution in [0.1, 0.15) is 16.1 Å². The van der Waals surface area contributed by atoms with Gasteiger partial charge in [0.1, 0.15) is 28.9 Å². The van der Waals surface area contributed by atoms with Crippen molar-refractivity contribution in [3.63, 3.8) is 0 Å². The summed E-state index contributed by atoms with van der Waals surface area (Å²) >= 11 is 5.99. The third kappa shape index (κ3) is 4.69. The van der Waals surface area contributed by atoms with Crippen LogP contribution in [0, 0.1) is 11.3 Å². The maximum Gasteiger partial charge on any atom is 0.337 e. The molecule has 3 rings (SSSR count). The normalized spacial score (nSPS) is 10.9. The minimum atomic E-state index is -1.13. The molecule has 0 spiro atoms. The van der Waals surface area contributed by atoms with E-state index < -0.39 is 11.9 Å². The smallest absolute Gasteiger partial charge is 0.337 e. The molecule has 0 unspecified atom stereocenters. The van der Waals surface area contributed by atoms with Crippen LogP contribution in [0.15, 0.2) is 64.6 Å². The third-order valence-electron chi connectivity index (χ3n) is 4.09. The Bertz CT molecular complexity index is 1190. The summed E-state index contributed by atoms with van der Waals surface area (Å²) < 4.78 is 10.8. The molecule has 0 saturated carbocycles. The van der Waals surface area contributed by atoms with Crippen molar-refractivity contribution in [1.29, 1.82) is 5.26 Å². The average Bonchev–Trinajstić information content (AvgIpc) is 3.20. The molecule has 3 aromatic rings. The highest BCUT2D eigenvalue weighted by molar-refractivity contribution is 6.33. The summed E-state index contributed by atoms with van der Waals surface area (Å²) in [6, 6.07) is 16.2. The molecule has 0 bridgehead atoms. The number of benzene rings is 2. The van der Waals surface area contributed by atoms with Crippen LogP contribution in [0.4, 0.5) is 5.69 Å². The van der Waals surface area contributed by atoms with E-state index in [2.05, 4.69) is 5.32 Å². The zero-order chi connectivity index (χ0) is 21.7. The predicted octanol–water partition coefficient (Wildman–Crippen LogP) is 4.85. The lowest BCUT2D eigenvalue weighted by Crippen LogP contribution is -2.13. The van der Waals surface area contributed by atoms with Crippen LogP contribution in [0.2, 0.25) is 5.02 Å². The van der Waals surface area contributed by atoms with Gasteiger partial charge in [0.15, 0.2) is 0 Å². The molecule has 0 aliphatic heterocycles. The number of carbonyl (C=O) groups is 2. The topological polar surface area (TPSA) is 113 Å². The molecule has 1 amide bonds. The fourth-order valence-electron chi connectivity index (χ4n) is 2.62. The van der Waals surface area contributed by atoms with Crippen molar-refractivity contribution in [2.24, 2.45) is 0 Å².